The Morgan fingerprint density at radius 2 is 1.62 bits per heavy atom. The van der Waals surface area contributed by atoms with Gasteiger partial charge in [-0.25, -0.2) is 9.69 Å². The van der Waals surface area contributed by atoms with E-state index >= 15 is 0 Å². The second-order valence-corrected chi connectivity index (χ2v) is 5.39. The van der Waals surface area contributed by atoms with Crippen LogP contribution in [0.15, 0.2) is 66.7 Å². The first-order valence-electron chi connectivity index (χ1n) is 7.73. The molecular formula is C19H14N2O5. The summed E-state index contributed by atoms with van der Waals surface area (Å²) in [6, 6.07) is 14.7. The van der Waals surface area contributed by atoms with Gasteiger partial charge in [-0.1, -0.05) is 24.3 Å². The first-order valence-corrected chi connectivity index (χ1v) is 7.73. The lowest BCUT2D eigenvalue weighted by atomic mass is 10.2. The van der Waals surface area contributed by atoms with E-state index in [1.807, 2.05) is 6.07 Å². The van der Waals surface area contributed by atoms with Crippen molar-refractivity contribution in [3.8, 4) is 0 Å². The fourth-order valence-electron chi connectivity index (χ4n) is 2.36. The van der Waals surface area contributed by atoms with Crippen LogP contribution in [0, 0.1) is 0 Å². The molecule has 26 heavy (non-hydrogen) atoms. The summed E-state index contributed by atoms with van der Waals surface area (Å²) < 4.78 is 4.98. The van der Waals surface area contributed by atoms with Crippen LogP contribution < -0.4 is 10.2 Å². The number of carbonyl (C=O) groups is 4. The summed E-state index contributed by atoms with van der Waals surface area (Å²) in [6.45, 7) is -0.457. The molecule has 0 saturated heterocycles. The Bertz CT molecular complexity index is 887. The number of rotatable bonds is 5. The predicted molar refractivity (Wildman–Crippen MR) is 93.4 cm³/mol. The summed E-state index contributed by atoms with van der Waals surface area (Å²) in [5.74, 6) is -2.18. The van der Waals surface area contributed by atoms with Gasteiger partial charge in [0.15, 0.2) is 6.61 Å². The number of carbonyl (C=O) groups excluding carboxylic acids is 4. The molecule has 0 atom stereocenters. The van der Waals surface area contributed by atoms with Crippen LogP contribution in [-0.4, -0.2) is 30.3 Å². The molecule has 1 N–H and O–H groups in total. The Labute approximate surface area is 148 Å². The topological polar surface area (TPSA) is 92.8 Å². The van der Waals surface area contributed by atoms with Gasteiger partial charge in [0.1, 0.15) is 0 Å². The molecule has 0 bridgehead atoms. The summed E-state index contributed by atoms with van der Waals surface area (Å²) >= 11 is 0. The van der Waals surface area contributed by atoms with Crippen LogP contribution in [-0.2, 0) is 19.1 Å². The van der Waals surface area contributed by atoms with Gasteiger partial charge >= 0.3 is 5.97 Å². The number of amides is 3. The number of nitrogens with one attached hydrogen (secondary N) is 1. The number of para-hydroxylation sites is 1. The van der Waals surface area contributed by atoms with Gasteiger partial charge < -0.3 is 10.1 Å². The Kier molecular flexibility index (Phi) is 4.89. The van der Waals surface area contributed by atoms with Crippen LogP contribution in [0.4, 0.5) is 11.4 Å². The highest BCUT2D eigenvalue weighted by atomic mass is 16.5. The molecule has 7 heteroatoms. The molecule has 1 aliphatic heterocycles. The molecule has 130 valence electrons. The van der Waals surface area contributed by atoms with Gasteiger partial charge in [-0.15, -0.1) is 0 Å². The second kappa shape index (κ2) is 7.43. The zero-order valence-corrected chi connectivity index (χ0v) is 13.5. The maximum Gasteiger partial charge on any atom is 0.338 e. The molecule has 0 unspecified atom stereocenters. The minimum atomic E-state index is -0.734. The molecule has 2 aromatic rings. The fourth-order valence-corrected chi connectivity index (χ4v) is 2.36. The van der Waals surface area contributed by atoms with Crippen molar-refractivity contribution in [1.29, 1.82) is 0 Å². The average molecular weight is 350 g/mol. The highest BCUT2D eigenvalue weighted by molar-refractivity contribution is 6.28. The summed E-state index contributed by atoms with van der Waals surface area (Å²) in [4.78, 5) is 48.3. The lowest BCUT2D eigenvalue weighted by Crippen LogP contribution is -2.29. The minimum Gasteiger partial charge on any atom is -0.452 e. The third kappa shape index (κ3) is 3.84. The van der Waals surface area contributed by atoms with Crippen molar-refractivity contribution >= 4 is 35.1 Å². The highest BCUT2D eigenvalue weighted by Crippen LogP contribution is 2.20. The van der Waals surface area contributed by atoms with Gasteiger partial charge in [0.25, 0.3) is 17.7 Å². The minimum absolute atomic E-state index is 0.127. The fraction of sp³-hybridized carbons (Fsp3) is 0.0526. The molecule has 2 aromatic carbocycles. The smallest absolute Gasteiger partial charge is 0.338 e. The van der Waals surface area contributed by atoms with Crippen molar-refractivity contribution in [2.45, 2.75) is 0 Å². The van der Waals surface area contributed by atoms with Crippen molar-refractivity contribution in [2.24, 2.45) is 0 Å². The van der Waals surface area contributed by atoms with Crippen molar-refractivity contribution in [3.05, 3.63) is 72.3 Å². The highest BCUT2D eigenvalue weighted by Gasteiger charge is 2.25. The van der Waals surface area contributed by atoms with Crippen molar-refractivity contribution < 1.29 is 23.9 Å². The molecule has 1 aliphatic rings. The maximum absolute atomic E-state index is 12.1. The first kappa shape index (κ1) is 17.1. The molecule has 0 saturated carbocycles. The van der Waals surface area contributed by atoms with Crippen LogP contribution in [0.5, 0.6) is 0 Å². The summed E-state index contributed by atoms with van der Waals surface area (Å²) in [5, 5.41) is 2.59. The van der Waals surface area contributed by atoms with Gasteiger partial charge in [-0.3, -0.25) is 14.4 Å². The summed E-state index contributed by atoms with van der Waals surface area (Å²) in [7, 11) is 0. The van der Waals surface area contributed by atoms with Crippen LogP contribution in [0.25, 0.3) is 0 Å². The van der Waals surface area contributed by atoms with Gasteiger partial charge in [-0.05, 0) is 30.3 Å². The summed E-state index contributed by atoms with van der Waals surface area (Å²) in [5.41, 5.74) is 0.977. The van der Waals surface area contributed by atoms with Crippen LogP contribution in [0.2, 0.25) is 0 Å². The SMILES string of the molecule is O=C(COC(=O)c1cccc(N2C(=O)C=CC2=O)c1)Nc1ccccc1. The monoisotopic (exact) mass is 350 g/mol. The van der Waals surface area contributed by atoms with E-state index in [2.05, 4.69) is 5.32 Å². The molecule has 3 amide bonds. The lowest BCUT2D eigenvalue weighted by molar-refractivity contribution is -0.120. The van der Waals surface area contributed by atoms with Gasteiger partial charge in [0, 0.05) is 17.8 Å². The molecular weight excluding hydrogens is 336 g/mol. The Morgan fingerprint density at radius 3 is 2.31 bits per heavy atom. The number of benzene rings is 2. The van der Waals surface area contributed by atoms with Crippen molar-refractivity contribution in [2.75, 3.05) is 16.8 Å². The van der Waals surface area contributed by atoms with Crippen molar-refractivity contribution in [3.63, 3.8) is 0 Å². The van der Waals surface area contributed by atoms with Gasteiger partial charge in [0.2, 0.25) is 0 Å². The third-order valence-electron chi connectivity index (χ3n) is 3.54. The molecule has 3 rings (SSSR count). The lowest BCUT2D eigenvalue weighted by Gasteiger charge is -2.14. The van der Waals surface area contributed by atoms with E-state index in [9.17, 15) is 19.2 Å². The number of imide groups is 1. The molecule has 0 fully saturated rings. The Hall–Kier alpha value is -3.74. The third-order valence-corrected chi connectivity index (χ3v) is 3.54. The zero-order chi connectivity index (χ0) is 18.5. The Morgan fingerprint density at radius 1 is 0.923 bits per heavy atom. The molecule has 0 radical (unpaired) electrons. The number of anilines is 2. The maximum atomic E-state index is 12.1. The van der Waals surface area contributed by atoms with Crippen LogP contribution in [0.1, 0.15) is 10.4 Å². The van der Waals surface area contributed by atoms with E-state index in [4.69, 9.17) is 4.74 Å². The predicted octanol–water partition coefficient (Wildman–Crippen LogP) is 1.91. The number of hydrogen-bond donors (Lipinski definition) is 1. The van der Waals surface area contributed by atoms with Gasteiger partial charge in [-0.2, -0.15) is 0 Å². The van der Waals surface area contributed by atoms with Crippen LogP contribution in [0.3, 0.4) is 0 Å². The van der Waals surface area contributed by atoms with E-state index in [0.717, 1.165) is 17.1 Å². The molecule has 0 aliphatic carbocycles. The second-order valence-electron chi connectivity index (χ2n) is 5.39. The van der Waals surface area contributed by atoms with E-state index < -0.39 is 30.3 Å². The van der Waals surface area contributed by atoms with Crippen LogP contribution >= 0.6 is 0 Å². The van der Waals surface area contributed by atoms with E-state index in [-0.39, 0.29) is 11.3 Å². The van der Waals surface area contributed by atoms with E-state index in [1.165, 1.54) is 24.3 Å². The summed E-state index contributed by atoms with van der Waals surface area (Å²) in [6.07, 6.45) is 2.31. The first-order chi connectivity index (χ1) is 12.5. The zero-order valence-electron chi connectivity index (χ0n) is 13.5. The standard InChI is InChI=1S/C19H14N2O5/c22-16(20-14-6-2-1-3-7-14)12-26-19(25)13-5-4-8-15(11-13)21-17(23)9-10-18(21)24/h1-11H,12H2,(H,20,22). The number of ether oxygens (including phenoxy) is 1. The van der Waals surface area contributed by atoms with Crippen molar-refractivity contribution in [1.82, 2.24) is 0 Å². The molecule has 1 heterocycles. The largest absolute Gasteiger partial charge is 0.452 e. The van der Waals surface area contributed by atoms with E-state index in [1.54, 1.807) is 24.3 Å². The Balaban J connectivity index is 1.61. The number of nitrogens with zero attached hydrogens (tertiary/aromatic N) is 1. The number of esters is 1. The molecule has 0 aromatic heterocycles. The number of hydrogen-bond acceptors (Lipinski definition) is 5. The normalized spacial score (nSPS) is 13.0. The van der Waals surface area contributed by atoms with E-state index in [0.29, 0.717) is 5.69 Å². The average Bonchev–Trinajstić information content (AvgIpc) is 2.99. The quantitative estimate of drug-likeness (QED) is 0.657. The molecule has 7 nitrogen and oxygen atoms in total. The molecule has 0 spiro atoms. The van der Waals surface area contributed by atoms with Gasteiger partial charge in [0.05, 0.1) is 11.3 Å².